The van der Waals surface area contributed by atoms with Gasteiger partial charge in [0, 0.05) is 25.8 Å². The number of carbonyl (C=O) groups is 1. The quantitative estimate of drug-likeness (QED) is 0.930. The minimum Gasteiger partial charge on any atom is -0.338 e. The van der Waals surface area contributed by atoms with Crippen molar-refractivity contribution in [1.82, 2.24) is 25.0 Å². The first-order valence-electron chi connectivity index (χ1n) is 9.21. The molecule has 25 heavy (non-hydrogen) atoms. The van der Waals surface area contributed by atoms with Crippen LogP contribution >= 0.6 is 0 Å². The van der Waals surface area contributed by atoms with Gasteiger partial charge in [0.15, 0.2) is 5.82 Å². The second kappa shape index (κ2) is 6.59. The van der Waals surface area contributed by atoms with E-state index in [-0.39, 0.29) is 5.91 Å². The molecule has 2 aliphatic heterocycles. The van der Waals surface area contributed by atoms with Crippen molar-refractivity contribution in [1.29, 1.82) is 0 Å². The summed E-state index contributed by atoms with van der Waals surface area (Å²) in [6, 6.07) is 5.73. The van der Waals surface area contributed by atoms with Crippen LogP contribution in [-0.2, 0) is 6.42 Å². The molecule has 6 nitrogen and oxygen atoms in total. The van der Waals surface area contributed by atoms with E-state index in [1.54, 1.807) is 17.1 Å². The van der Waals surface area contributed by atoms with Crippen molar-refractivity contribution in [2.24, 2.45) is 5.41 Å². The standard InChI is InChI=1S/C19H25N5O/c1-2-16-15(13-22-24(16)17-5-3-4-9-21-17)18(25)23-11-7-19(8-12-23)6-10-20-14-19/h3-5,9,13,20H,2,6-8,10-12,14H2,1H3. The number of carbonyl (C=O) groups excluding carboxylic acids is 1. The smallest absolute Gasteiger partial charge is 0.257 e. The van der Waals surface area contributed by atoms with Crippen LogP contribution in [0, 0.1) is 5.41 Å². The van der Waals surface area contributed by atoms with Crippen molar-refractivity contribution < 1.29 is 4.79 Å². The van der Waals surface area contributed by atoms with Crippen LogP contribution in [0.5, 0.6) is 0 Å². The molecule has 0 aliphatic carbocycles. The molecule has 0 bridgehead atoms. The van der Waals surface area contributed by atoms with E-state index in [0.717, 1.165) is 57.0 Å². The average molecular weight is 339 g/mol. The van der Waals surface area contributed by atoms with Gasteiger partial charge < -0.3 is 10.2 Å². The summed E-state index contributed by atoms with van der Waals surface area (Å²) in [5, 5.41) is 7.92. The third kappa shape index (κ3) is 2.95. The predicted molar refractivity (Wildman–Crippen MR) is 95.8 cm³/mol. The van der Waals surface area contributed by atoms with Crippen molar-refractivity contribution in [2.45, 2.75) is 32.6 Å². The van der Waals surface area contributed by atoms with Gasteiger partial charge in [-0.15, -0.1) is 0 Å². The number of rotatable bonds is 3. The maximum Gasteiger partial charge on any atom is 0.257 e. The van der Waals surface area contributed by atoms with Crippen molar-refractivity contribution in [3.05, 3.63) is 41.9 Å². The van der Waals surface area contributed by atoms with E-state index in [2.05, 4.69) is 22.3 Å². The van der Waals surface area contributed by atoms with Crippen LogP contribution in [-0.4, -0.2) is 51.8 Å². The summed E-state index contributed by atoms with van der Waals surface area (Å²) in [7, 11) is 0. The topological polar surface area (TPSA) is 63.1 Å². The van der Waals surface area contributed by atoms with Gasteiger partial charge in [-0.2, -0.15) is 5.10 Å². The molecule has 0 radical (unpaired) electrons. The van der Waals surface area contributed by atoms with E-state index in [1.807, 2.05) is 23.1 Å². The molecule has 4 heterocycles. The molecule has 6 heteroatoms. The number of likely N-dealkylation sites (tertiary alicyclic amines) is 1. The number of piperidine rings is 1. The molecular weight excluding hydrogens is 314 g/mol. The zero-order valence-corrected chi connectivity index (χ0v) is 14.7. The van der Waals surface area contributed by atoms with E-state index in [1.165, 1.54) is 6.42 Å². The molecular formula is C19H25N5O. The fourth-order valence-electron chi connectivity index (χ4n) is 4.15. The minimum atomic E-state index is 0.111. The summed E-state index contributed by atoms with van der Waals surface area (Å²) in [6.45, 7) is 5.97. The molecule has 2 aromatic heterocycles. The van der Waals surface area contributed by atoms with Crippen molar-refractivity contribution in [3.8, 4) is 5.82 Å². The second-order valence-corrected chi connectivity index (χ2v) is 7.18. The Bertz CT molecular complexity index is 738. The maximum absolute atomic E-state index is 13.1. The normalized spacial score (nSPS) is 19.5. The molecule has 2 fully saturated rings. The van der Waals surface area contributed by atoms with Crippen LogP contribution in [0.4, 0.5) is 0 Å². The zero-order valence-electron chi connectivity index (χ0n) is 14.7. The summed E-state index contributed by atoms with van der Waals surface area (Å²) < 4.78 is 1.79. The van der Waals surface area contributed by atoms with Gasteiger partial charge in [0.1, 0.15) is 0 Å². The molecule has 2 aliphatic rings. The van der Waals surface area contributed by atoms with Crippen molar-refractivity contribution in [2.75, 3.05) is 26.2 Å². The van der Waals surface area contributed by atoms with Gasteiger partial charge in [-0.1, -0.05) is 13.0 Å². The molecule has 2 aromatic rings. The maximum atomic E-state index is 13.1. The van der Waals surface area contributed by atoms with E-state index < -0.39 is 0 Å². The molecule has 1 N–H and O–H groups in total. The SMILES string of the molecule is CCc1c(C(=O)N2CCC3(CCNC3)CC2)cnn1-c1ccccn1. The average Bonchev–Trinajstić information content (AvgIpc) is 3.29. The van der Waals surface area contributed by atoms with E-state index >= 15 is 0 Å². The fraction of sp³-hybridized carbons (Fsp3) is 0.526. The molecule has 2 saturated heterocycles. The van der Waals surface area contributed by atoms with Crippen molar-refractivity contribution in [3.63, 3.8) is 0 Å². The van der Waals surface area contributed by atoms with Crippen LogP contribution in [0.15, 0.2) is 30.6 Å². The highest BCUT2D eigenvalue weighted by Gasteiger charge is 2.38. The molecule has 1 spiro atoms. The Morgan fingerprint density at radius 1 is 1.28 bits per heavy atom. The Kier molecular flexibility index (Phi) is 4.29. The summed E-state index contributed by atoms with van der Waals surface area (Å²) in [4.78, 5) is 19.4. The summed E-state index contributed by atoms with van der Waals surface area (Å²) in [5.74, 6) is 0.868. The first-order chi connectivity index (χ1) is 12.2. The largest absolute Gasteiger partial charge is 0.338 e. The van der Waals surface area contributed by atoms with E-state index in [9.17, 15) is 4.79 Å². The predicted octanol–water partition coefficient (Wildman–Crippen LogP) is 2.05. The van der Waals surface area contributed by atoms with E-state index in [0.29, 0.717) is 11.0 Å². The molecule has 4 rings (SSSR count). The highest BCUT2D eigenvalue weighted by Crippen LogP contribution is 2.37. The van der Waals surface area contributed by atoms with Gasteiger partial charge >= 0.3 is 0 Å². The lowest BCUT2D eigenvalue weighted by Crippen LogP contribution is -2.44. The number of amides is 1. The lowest BCUT2D eigenvalue weighted by Gasteiger charge is -2.38. The Hall–Kier alpha value is -2.21. The number of aromatic nitrogens is 3. The van der Waals surface area contributed by atoms with Gasteiger partial charge in [0.05, 0.1) is 17.5 Å². The van der Waals surface area contributed by atoms with Crippen LogP contribution < -0.4 is 5.32 Å². The number of nitrogens with zero attached hydrogens (tertiary/aromatic N) is 4. The molecule has 0 atom stereocenters. The highest BCUT2D eigenvalue weighted by atomic mass is 16.2. The summed E-state index contributed by atoms with van der Waals surface area (Å²) in [6.07, 6.45) is 7.64. The van der Waals surface area contributed by atoms with Gasteiger partial charge in [0.25, 0.3) is 5.91 Å². The molecule has 0 unspecified atom stereocenters. The molecule has 1 amide bonds. The highest BCUT2D eigenvalue weighted by molar-refractivity contribution is 5.95. The first-order valence-corrected chi connectivity index (χ1v) is 9.21. The number of pyridine rings is 1. The van der Waals surface area contributed by atoms with Crippen molar-refractivity contribution >= 4 is 5.91 Å². The Balaban J connectivity index is 1.54. The van der Waals surface area contributed by atoms with Crippen LogP contribution in [0.1, 0.15) is 42.2 Å². The molecule has 0 aromatic carbocycles. The zero-order chi connectivity index (χ0) is 17.3. The summed E-state index contributed by atoms with van der Waals surface area (Å²) >= 11 is 0. The lowest BCUT2D eigenvalue weighted by atomic mass is 9.78. The third-order valence-electron chi connectivity index (χ3n) is 5.74. The second-order valence-electron chi connectivity index (χ2n) is 7.18. The van der Waals surface area contributed by atoms with Gasteiger partial charge in [-0.25, -0.2) is 9.67 Å². The lowest BCUT2D eigenvalue weighted by molar-refractivity contribution is 0.0606. The monoisotopic (exact) mass is 339 g/mol. The first kappa shape index (κ1) is 16.3. The van der Waals surface area contributed by atoms with Crippen LogP contribution in [0.3, 0.4) is 0 Å². The Labute approximate surface area is 148 Å². The van der Waals surface area contributed by atoms with E-state index in [4.69, 9.17) is 0 Å². The number of hydrogen-bond donors (Lipinski definition) is 1. The number of nitrogens with one attached hydrogen (secondary N) is 1. The minimum absolute atomic E-state index is 0.111. The van der Waals surface area contributed by atoms with Crippen LogP contribution in [0.25, 0.3) is 5.82 Å². The molecule has 132 valence electrons. The fourth-order valence-corrected chi connectivity index (χ4v) is 4.15. The number of hydrogen-bond acceptors (Lipinski definition) is 4. The third-order valence-corrected chi connectivity index (χ3v) is 5.74. The summed E-state index contributed by atoms with van der Waals surface area (Å²) in [5.41, 5.74) is 2.07. The molecule has 0 saturated carbocycles. The van der Waals surface area contributed by atoms with Gasteiger partial charge in [0.2, 0.25) is 0 Å². The van der Waals surface area contributed by atoms with Gasteiger partial charge in [-0.05, 0) is 49.8 Å². The van der Waals surface area contributed by atoms with Crippen LogP contribution in [0.2, 0.25) is 0 Å². The van der Waals surface area contributed by atoms with Gasteiger partial charge in [-0.3, -0.25) is 4.79 Å². The Morgan fingerprint density at radius 3 is 2.76 bits per heavy atom. The Morgan fingerprint density at radius 2 is 2.12 bits per heavy atom.